The zero-order valence-corrected chi connectivity index (χ0v) is 9.90. The third-order valence-electron chi connectivity index (χ3n) is 2.09. The summed E-state index contributed by atoms with van der Waals surface area (Å²) in [5.74, 6) is 0.279. The molecule has 0 aliphatic heterocycles. The second-order valence-corrected chi connectivity index (χ2v) is 3.89. The average Bonchev–Trinajstić information content (AvgIpc) is 2.29. The molecule has 0 unspecified atom stereocenters. The highest BCUT2D eigenvalue weighted by atomic mass is 35.5. The van der Waals surface area contributed by atoms with Crippen LogP contribution in [0.15, 0.2) is 36.5 Å². The normalized spacial score (nSPS) is 10.0. The Hall–Kier alpha value is -1.94. The first-order valence-corrected chi connectivity index (χ1v) is 5.39. The van der Waals surface area contributed by atoms with Crippen LogP contribution in [0.1, 0.15) is 16.3 Å². The van der Waals surface area contributed by atoms with Crippen LogP contribution in [-0.4, -0.2) is 15.9 Å². The number of rotatable bonds is 2. The minimum absolute atomic E-state index is 0.280. The fraction of sp³-hybridized carbons (Fsp3) is 0.0833. The Balaban J connectivity index is 2.17. The van der Waals surface area contributed by atoms with Crippen molar-refractivity contribution < 1.29 is 4.79 Å². The van der Waals surface area contributed by atoms with E-state index in [1.807, 2.05) is 0 Å². The van der Waals surface area contributed by atoms with Gasteiger partial charge in [-0.3, -0.25) is 4.79 Å². The van der Waals surface area contributed by atoms with Crippen LogP contribution in [0.3, 0.4) is 0 Å². The number of carbonyl (C=O) groups excluding carboxylic acids is 1. The molecule has 1 heterocycles. The molecule has 0 spiro atoms. The summed E-state index contributed by atoms with van der Waals surface area (Å²) >= 11 is 5.82. The lowest BCUT2D eigenvalue weighted by atomic mass is 10.3. The lowest BCUT2D eigenvalue weighted by Gasteiger charge is -2.04. The van der Waals surface area contributed by atoms with Crippen molar-refractivity contribution in [3.05, 3.63) is 53.1 Å². The Labute approximate surface area is 104 Å². The van der Waals surface area contributed by atoms with Crippen molar-refractivity contribution >= 4 is 23.2 Å². The summed E-state index contributed by atoms with van der Waals surface area (Å²) in [6, 6.07) is 8.51. The molecule has 0 atom stereocenters. The minimum atomic E-state index is -0.280. The molecule has 1 amide bonds. The Morgan fingerprint density at radius 1 is 1.35 bits per heavy atom. The van der Waals surface area contributed by atoms with Gasteiger partial charge in [-0.05, 0) is 31.2 Å². The SMILES string of the molecule is Cc1nccc(C(=O)Nc2cccc(Cl)c2)n1. The zero-order valence-electron chi connectivity index (χ0n) is 9.14. The van der Waals surface area contributed by atoms with E-state index in [0.29, 0.717) is 22.2 Å². The predicted molar refractivity (Wildman–Crippen MR) is 66.2 cm³/mol. The molecule has 0 saturated carbocycles. The molecule has 5 heteroatoms. The summed E-state index contributed by atoms with van der Waals surface area (Å²) in [5.41, 5.74) is 0.969. The molecule has 17 heavy (non-hydrogen) atoms. The van der Waals surface area contributed by atoms with Gasteiger partial charge in [0.2, 0.25) is 0 Å². The topological polar surface area (TPSA) is 54.9 Å². The smallest absolute Gasteiger partial charge is 0.274 e. The van der Waals surface area contributed by atoms with E-state index >= 15 is 0 Å². The first kappa shape index (κ1) is 11.5. The second kappa shape index (κ2) is 4.93. The molecular formula is C12H10ClN3O. The van der Waals surface area contributed by atoms with Crippen LogP contribution in [0.4, 0.5) is 5.69 Å². The average molecular weight is 248 g/mol. The van der Waals surface area contributed by atoms with Crippen molar-refractivity contribution in [2.45, 2.75) is 6.92 Å². The van der Waals surface area contributed by atoms with Gasteiger partial charge in [0, 0.05) is 16.9 Å². The summed E-state index contributed by atoms with van der Waals surface area (Å²) in [5, 5.41) is 3.28. The quantitative estimate of drug-likeness (QED) is 0.888. The van der Waals surface area contributed by atoms with Gasteiger partial charge in [-0.15, -0.1) is 0 Å². The maximum Gasteiger partial charge on any atom is 0.274 e. The zero-order chi connectivity index (χ0) is 12.3. The predicted octanol–water partition coefficient (Wildman–Crippen LogP) is 2.69. The number of anilines is 1. The Morgan fingerprint density at radius 3 is 2.88 bits per heavy atom. The number of nitrogens with one attached hydrogen (secondary N) is 1. The largest absolute Gasteiger partial charge is 0.321 e. The van der Waals surface area contributed by atoms with Crippen LogP contribution in [0.25, 0.3) is 0 Å². The molecule has 2 rings (SSSR count). The molecule has 0 radical (unpaired) electrons. The number of carbonyl (C=O) groups is 1. The summed E-state index contributed by atoms with van der Waals surface area (Å²) in [4.78, 5) is 19.8. The fourth-order valence-electron chi connectivity index (χ4n) is 1.34. The van der Waals surface area contributed by atoms with E-state index in [4.69, 9.17) is 11.6 Å². The van der Waals surface area contributed by atoms with E-state index in [1.54, 1.807) is 43.5 Å². The maximum absolute atomic E-state index is 11.8. The highest BCUT2D eigenvalue weighted by Crippen LogP contribution is 2.15. The molecule has 1 N–H and O–H groups in total. The molecule has 0 saturated heterocycles. The lowest BCUT2D eigenvalue weighted by Crippen LogP contribution is -2.14. The van der Waals surface area contributed by atoms with E-state index in [9.17, 15) is 4.79 Å². The monoisotopic (exact) mass is 247 g/mol. The van der Waals surface area contributed by atoms with E-state index in [1.165, 1.54) is 0 Å². The van der Waals surface area contributed by atoms with Crippen molar-refractivity contribution in [1.82, 2.24) is 9.97 Å². The number of hydrogen-bond acceptors (Lipinski definition) is 3. The second-order valence-electron chi connectivity index (χ2n) is 3.45. The number of amides is 1. The molecule has 1 aromatic carbocycles. The molecule has 0 fully saturated rings. The molecule has 4 nitrogen and oxygen atoms in total. The number of aryl methyl sites for hydroxylation is 1. The Morgan fingerprint density at radius 2 is 2.18 bits per heavy atom. The first-order valence-electron chi connectivity index (χ1n) is 5.02. The van der Waals surface area contributed by atoms with Crippen molar-refractivity contribution in [2.24, 2.45) is 0 Å². The van der Waals surface area contributed by atoms with Gasteiger partial charge in [0.15, 0.2) is 0 Å². The molecular weight excluding hydrogens is 238 g/mol. The van der Waals surface area contributed by atoms with Crippen LogP contribution in [0.2, 0.25) is 5.02 Å². The summed E-state index contributed by atoms with van der Waals surface area (Å²) in [6.45, 7) is 1.73. The summed E-state index contributed by atoms with van der Waals surface area (Å²) < 4.78 is 0. The molecule has 0 aliphatic carbocycles. The van der Waals surface area contributed by atoms with Gasteiger partial charge >= 0.3 is 0 Å². The third-order valence-corrected chi connectivity index (χ3v) is 2.33. The van der Waals surface area contributed by atoms with E-state index in [-0.39, 0.29) is 5.91 Å². The molecule has 1 aromatic heterocycles. The maximum atomic E-state index is 11.8. The molecule has 0 bridgehead atoms. The van der Waals surface area contributed by atoms with Crippen molar-refractivity contribution in [3.8, 4) is 0 Å². The van der Waals surface area contributed by atoms with E-state index < -0.39 is 0 Å². The Kier molecular flexibility index (Phi) is 3.35. The highest BCUT2D eigenvalue weighted by molar-refractivity contribution is 6.30. The fourth-order valence-corrected chi connectivity index (χ4v) is 1.53. The van der Waals surface area contributed by atoms with Crippen molar-refractivity contribution in [1.29, 1.82) is 0 Å². The number of nitrogens with zero attached hydrogens (tertiary/aromatic N) is 2. The number of hydrogen-bond donors (Lipinski definition) is 1. The van der Waals surface area contributed by atoms with Gasteiger partial charge in [-0.25, -0.2) is 9.97 Å². The minimum Gasteiger partial charge on any atom is -0.321 e. The van der Waals surface area contributed by atoms with Gasteiger partial charge in [0.05, 0.1) is 0 Å². The lowest BCUT2D eigenvalue weighted by molar-refractivity contribution is 0.102. The number of aromatic nitrogens is 2. The van der Waals surface area contributed by atoms with Crippen molar-refractivity contribution in [2.75, 3.05) is 5.32 Å². The van der Waals surface area contributed by atoms with E-state index in [0.717, 1.165) is 0 Å². The van der Waals surface area contributed by atoms with Crippen LogP contribution >= 0.6 is 11.6 Å². The van der Waals surface area contributed by atoms with Gasteiger partial charge in [-0.2, -0.15) is 0 Å². The van der Waals surface area contributed by atoms with Gasteiger partial charge in [0.25, 0.3) is 5.91 Å². The molecule has 86 valence electrons. The number of benzene rings is 1. The standard InChI is InChI=1S/C12H10ClN3O/c1-8-14-6-5-11(15-8)12(17)16-10-4-2-3-9(13)7-10/h2-7H,1H3,(H,16,17). The summed E-state index contributed by atoms with van der Waals surface area (Å²) in [6.07, 6.45) is 1.55. The van der Waals surface area contributed by atoms with Crippen LogP contribution < -0.4 is 5.32 Å². The molecule has 2 aromatic rings. The summed E-state index contributed by atoms with van der Waals surface area (Å²) in [7, 11) is 0. The Bertz CT molecular complexity index is 557. The van der Waals surface area contributed by atoms with Crippen molar-refractivity contribution in [3.63, 3.8) is 0 Å². The van der Waals surface area contributed by atoms with Crippen LogP contribution in [0, 0.1) is 6.92 Å². The van der Waals surface area contributed by atoms with E-state index in [2.05, 4.69) is 15.3 Å². The van der Waals surface area contributed by atoms with Gasteiger partial charge in [0.1, 0.15) is 11.5 Å². The van der Waals surface area contributed by atoms with Crippen LogP contribution in [-0.2, 0) is 0 Å². The van der Waals surface area contributed by atoms with Gasteiger partial charge < -0.3 is 5.32 Å². The first-order chi connectivity index (χ1) is 8.15. The molecule has 0 aliphatic rings. The highest BCUT2D eigenvalue weighted by Gasteiger charge is 2.07. The van der Waals surface area contributed by atoms with Gasteiger partial charge in [-0.1, -0.05) is 17.7 Å². The number of halogens is 1. The third kappa shape index (κ3) is 3.01. The van der Waals surface area contributed by atoms with Crippen LogP contribution in [0.5, 0.6) is 0 Å².